The van der Waals surface area contributed by atoms with Crippen LogP contribution in [-0.2, 0) is 4.79 Å². The third kappa shape index (κ3) is 3.25. The molecule has 1 aromatic rings. The minimum Gasteiger partial charge on any atom is -0.480 e. The van der Waals surface area contributed by atoms with Crippen molar-refractivity contribution >= 4 is 29.4 Å². The van der Waals surface area contributed by atoms with Crippen LogP contribution in [0.3, 0.4) is 0 Å². The van der Waals surface area contributed by atoms with Crippen LogP contribution in [0.5, 0.6) is 0 Å². The zero-order valence-corrected chi connectivity index (χ0v) is 12.1. The molecule has 2 N–H and O–H groups in total. The fourth-order valence-electron chi connectivity index (χ4n) is 2.20. The van der Waals surface area contributed by atoms with Crippen LogP contribution in [0.25, 0.3) is 0 Å². The molecule has 2 amide bonds. The Balaban J connectivity index is 2.12. The fraction of sp³-hybridized carbons (Fsp3) is 0.429. The molecule has 1 aliphatic heterocycles. The van der Waals surface area contributed by atoms with Crippen molar-refractivity contribution in [3.8, 4) is 0 Å². The number of urea groups is 1. The Morgan fingerprint density at radius 3 is 2.70 bits per heavy atom. The molecule has 1 aromatic carbocycles. The maximum atomic E-state index is 12.4. The molecule has 1 saturated heterocycles. The topological polar surface area (TPSA) is 69.6 Å². The van der Waals surface area contributed by atoms with Crippen LogP contribution >= 0.6 is 11.8 Å². The average molecular weight is 294 g/mol. The van der Waals surface area contributed by atoms with Crippen LogP contribution in [0.1, 0.15) is 19.8 Å². The predicted molar refractivity (Wildman–Crippen MR) is 79.9 cm³/mol. The van der Waals surface area contributed by atoms with Crippen LogP contribution in [0.15, 0.2) is 30.3 Å². The van der Waals surface area contributed by atoms with Gasteiger partial charge in [-0.15, -0.1) is 11.8 Å². The number of carboxylic acids is 1. The molecule has 0 bridgehead atoms. The van der Waals surface area contributed by atoms with Gasteiger partial charge >= 0.3 is 12.0 Å². The Morgan fingerprint density at radius 1 is 1.40 bits per heavy atom. The van der Waals surface area contributed by atoms with E-state index in [1.54, 1.807) is 12.1 Å². The minimum atomic E-state index is -0.945. The van der Waals surface area contributed by atoms with Gasteiger partial charge in [0.05, 0.1) is 5.37 Å². The lowest BCUT2D eigenvalue weighted by Crippen LogP contribution is -2.47. The van der Waals surface area contributed by atoms with Gasteiger partial charge in [0, 0.05) is 11.4 Å². The third-order valence-corrected chi connectivity index (χ3v) is 4.53. The summed E-state index contributed by atoms with van der Waals surface area (Å²) in [5.74, 6) is -0.498. The van der Waals surface area contributed by atoms with Crippen LogP contribution in [0, 0.1) is 0 Å². The molecule has 0 spiro atoms. The zero-order chi connectivity index (χ0) is 14.5. The van der Waals surface area contributed by atoms with Crippen LogP contribution in [0.2, 0.25) is 0 Å². The lowest BCUT2D eigenvalue weighted by atomic mass is 10.2. The van der Waals surface area contributed by atoms with Crippen molar-refractivity contribution < 1.29 is 14.7 Å². The summed E-state index contributed by atoms with van der Waals surface area (Å²) in [6.07, 6.45) is 1.72. The second-order valence-electron chi connectivity index (χ2n) is 4.63. The summed E-state index contributed by atoms with van der Waals surface area (Å²) in [7, 11) is 0. The molecule has 2 atom stereocenters. The molecule has 108 valence electrons. The van der Waals surface area contributed by atoms with E-state index in [0.29, 0.717) is 11.4 Å². The van der Waals surface area contributed by atoms with E-state index in [1.807, 2.05) is 25.1 Å². The molecule has 2 rings (SSSR count). The van der Waals surface area contributed by atoms with Gasteiger partial charge in [-0.3, -0.25) is 4.90 Å². The van der Waals surface area contributed by atoms with E-state index in [9.17, 15) is 14.7 Å². The van der Waals surface area contributed by atoms with Gasteiger partial charge in [-0.05, 0) is 18.6 Å². The normalized spacial score (nSPS) is 21.8. The van der Waals surface area contributed by atoms with Crippen molar-refractivity contribution in [1.82, 2.24) is 4.90 Å². The number of amides is 2. The van der Waals surface area contributed by atoms with Gasteiger partial charge in [-0.1, -0.05) is 31.5 Å². The number of para-hydroxylation sites is 1. The summed E-state index contributed by atoms with van der Waals surface area (Å²) >= 11 is 1.53. The number of carbonyl (C=O) groups excluding carboxylic acids is 1. The number of nitrogens with zero attached hydrogens (tertiary/aromatic N) is 1. The highest BCUT2D eigenvalue weighted by Crippen LogP contribution is 2.32. The number of thioether (sulfide) groups is 1. The number of rotatable bonds is 4. The van der Waals surface area contributed by atoms with Gasteiger partial charge in [0.15, 0.2) is 0 Å². The number of anilines is 1. The van der Waals surface area contributed by atoms with E-state index in [4.69, 9.17) is 0 Å². The SMILES string of the molecule is CCCC1SCC(C(=O)O)N1C(=O)Nc1ccccc1. The number of nitrogens with one attached hydrogen (secondary N) is 1. The number of benzene rings is 1. The number of hydrogen-bond donors (Lipinski definition) is 2. The first-order valence-electron chi connectivity index (χ1n) is 6.62. The summed E-state index contributed by atoms with van der Waals surface area (Å²) in [5.41, 5.74) is 0.675. The second-order valence-corrected chi connectivity index (χ2v) is 5.84. The van der Waals surface area contributed by atoms with Gasteiger partial charge in [0.2, 0.25) is 0 Å². The molecule has 5 nitrogen and oxygen atoms in total. The minimum absolute atomic E-state index is 0.0650. The summed E-state index contributed by atoms with van der Waals surface area (Å²) in [4.78, 5) is 25.1. The Labute approximate surface area is 122 Å². The number of carboxylic acid groups (broad SMARTS) is 1. The molecule has 1 heterocycles. The highest BCUT2D eigenvalue weighted by Gasteiger charge is 2.41. The van der Waals surface area contributed by atoms with E-state index in [-0.39, 0.29) is 11.4 Å². The molecule has 1 aliphatic rings. The van der Waals surface area contributed by atoms with E-state index in [2.05, 4.69) is 5.32 Å². The maximum absolute atomic E-state index is 12.4. The molecule has 20 heavy (non-hydrogen) atoms. The molecule has 0 aromatic heterocycles. The average Bonchev–Trinajstić information content (AvgIpc) is 2.84. The predicted octanol–water partition coefficient (Wildman–Crippen LogP) is 2.85. The maximum Gasteiger partial charge on any atom is 0.327 e. The molecule has 6 heteroatoms. The molecular weight excluding hydrogens is 276 g/mol. The Kier molecular flexibility index (Phi) is 4.89. The summed E-state index contributed by atoms with van der Waals surface area (Å²) in [6.45, 7) is 2.03. The second kappa shape index (κ2) is 6.65. The lowest BCUT2D eigenvalue weighted by molar-refractivity contribution is -0.141. The smallest absolute Gasteiger partial charge is 0.327 e. The van der Waals surface area contributed by atoms with Gasteiger partial charge in [0.1, 0.15) is 6.04 Å². The van der Waals surface area contributed by atoms with E-state index >= 15 is 0 Å². The highest BCUT2D eigenvalue weighted by molar-refractivity contribution is 8.00. The molecule has 0 aliphatic carbocycles. The van der Waals surface area contributed by atoms with Gasteiger partial charge in [0.25, 0.3) is 0 Å². The summed E-state index contributed by atoms with van der Waals surface area (Å²) in [5, 5.41) is 12.0. The Bertz CT molecular complexity index is 481. The monoisotopic (exact) mass is 294 g/mol. The molecule has 1 fully saturated rings. The van der Waals surface area contributed by atoms with Gasteiger partial charge in [-0.25, -0.2) is 9.59 Å². The number of aliphatic carboxylic acids is 1. The van der Waals surface area contributed by atoms with Crippen LogP contribution in [0.4, 0.5) is 10.5 Å². The molecule has 0 radical (unpaired) electrons. The molecule has 2 unspecified atom stereocenters. The molecular formula is C14H18N2O3S. The summed E-state index contributed by atoms with van der Waals surface area (Å²) in [6, 6.07) is 7.99. The van der Waals surface area contributed by atoms with Crippen LogP contribution in [-0.4, -0.2) is 39.2 Å². The van der Waals surface area contributed by atoms with E-state index in [1.165, 1.54) is 16.7 Å². The first-order valence-corrected chi connectivity index (χ1v) is 7.67. The van der Waals surface area contributed by atoms with Gasteiger partial charge < -0.3 is 10.4 Å². The van der Waals surface area contributed by atoms with Crippen molar-refractivity contribution in [1.29, 1.82) is 0 Å². The van der Waals surface area contributed by atoms with Crippen molar-refractivity contribution in [2.75, 3.05) is 11.1 Å². The van der Waals surface area contributed by atoms with Crippen molar-refractivity contribution in [3.63, 3.8) is 0 Å². The lowest BCUT2D eigenvalue weighted by Gasteiger charge is -2.27. The quantitative estimate of drug-likeness (QED) is 0.896. The standard InChI is InChI=1S/C14H18N2O3S/c1-2-6-12-16(11(9-20-12)13(17)18)14(19)15-10-7-4-3-5-8-10/h3-5,7-8,11-12H,2,6,9H2,1H3,(H,15,19)(H,17,18). The Hall–Kier alpha value is -1.69. The molecule has 0 saturated carbocycles. The fourth-order valence-corrected chi connectivity index (χ4v) is 3.72. The van der Waals surface area contributed by atoms with Crippen LogP contribution < -0.4 is 5.32 Å². The number of hydrogen-bond acceptors (Lipinski definition) is 3. The van der Waals surface area contributed by atoms with E-state index < -0.39 is 12.0 Å². The highest BCUT2D eigenvalue weighted by atomic mass is 32.2. The third-order valence-electron chi connectivity index (χ3n) is 3.17. The first kappa shape index (κ1) is 14.7. The Morgan fingerprint density at radius 2 is 2.10 bits per heavy atom. The largest absolute Gasteiger partial charge is 0.480 e. The van der Waals surface area contributed by atoms with Crippen molar-refractivity contribution in [3.05, 3.63) is 30.3 Å². The van der Waals surface area contributed by atoms with Crippen molar-refractivity contribution in [2.45, 2.75) is 31.2 Å². The van der Waals surface area contributed by atoms with Crippen molar-refractivity contribution in [2.24, 2.45) is 0 Å². The summed E-state index contributed by atoms with van der Waals surface area (Å²) < 4.78 is 0. The first-order chi connectivity index (χ1) is 9.63. The van der Waals surface area contributed by atoms with E-state index in [0.717, 1.165) is 12.8 Å². The zero-order valence-electron chi connectivity index (χ0n) is 11.3. The number of carbonyl (C=O) groups is 2. The van der Waals surface area contributed by atoms with Gasteiger partial charge in [-0.2, -0.15) is 0 Å².